The number of hydrogen-bond acceptors (Lipinski definition) is 3. The molecule has 2 N–H and O–H groups in total. The number of hydrogen-bond donors (Lipinski definition) is 2. The van der Waals surface area contributed by atoms with E-state index in [0.717, 1.165) is 0 Å². The van der Waals surface area contributed by atoms with Crippen LogP contribution >= 0.6 is 34.8 Å². The Kier molecular flexibility index (Phi) is 6.35. The number of rotatable bonds is 5. The van der Waals surface area contributed by atoms with Crippen LogP contribution in [0.15, 0.2) is 83.3 Å². The molecule has 1 amide bonds. The smallest absolute Gasteiger partial charge is 0.291 e. The van der Waals surface area contributed by atoms with Crippen molar-refractivity contribution in [1.29, 1.82) is 0 Å². The number of furan rings is 1. The van der Waals surface area contributed by atoms with Gasteiger partial charge in [0, 0.05) is 21.8 Å². The fourth-order valence-electron chi connectivity index (χ4n) is 3.14. The lowest BCUT2D eigenvalue weighted by Gasteiger charge is -2.17. The standard InChI is InChI=1S/C24H16Cl3NO3/c25-16-7-9-20(17(13-16)23(29)14-4-2-1-3-5-14)28-24(30)22-11-10-21(31-22)15-6-8-18(26)19(27)12-15/h1-13,23,29H,(H,28,30)/t23-/m1/s1. The number of anilines is 1. The van der Waals surface area contributed by atoms with Gasteiger partial charge in [-0.2, -0.15) is 0 Å². The van der Waals surface area contributed by atoms with Gasteiger partial charge in [0.25, 0.3) is 5.91 Å². The first-order valence-electron chi connectivity index (χ1n) is 9.31. The first-order valence-corrected chi connectivity index (χ1v) is 10.4. The molecule has 156 valence electrons. The highest BCUT2D eigenvalue weighted by molar-refractivity contribution is 6.42. The molecular formula is C24H16Cl3NO3. The number of nitrogens with one attached hydrogen (secondary N) is 1. The summed E-state index contributed by atoms with van der Waals surface area (Å²) in [5.41, 5.74) is 2.28. The van der Waals surface area contributed by atoms with Gasteiger partial charge in [0.1, 0.15) is 11.9 Å². The van der Waals surface area contributed by atoms with E-state index in [9.17, 15) is 9.90 Å². The molecule has 0 bridgehead atoms. The maximum Gasteiger partial charge on any atom is 0.291 e. The van der Waals surface area contributed by atoms with Crippen molar-refractivity contribution in [3.8, 4) is 11.3 Å². The summed E-state index contributed by atoms with van der Waals surface area (Å²) in [6, 6.07) is 22.3. The second kappa shape index (κ2) is 9.16. The van der Waals surface area contributed by atoms with Crippen molar-refractivity contribution in [2.75, 3.05) is 5.32 Å². The van der Waals surface area contributed by atoms with Crippen molar-refractivity contribution < 1.29 is 14.3 Å². The topological polar surface area (TPSA) is 62.5 Å². The fourth-order valence-corrected chi connectivity index (χ4v) is 3.62. The van der Waals surface area contributed by atoms with Crippen LogP contribution in [0.2, 0.25) is 15.1 Å². The summed E-state index contributed by atoms with van der Waals surface area (Å²) >= 11 is 18.2. The van der Waals surface area contributed by atoms with Gasteiger partial charge >= 0.3 is 0 Å². The lowest BCUT2D eigenvalue weighted by molar-refractivity contribution is 0.0997. The third kappa shape index (κ3) is 4.78. The summed E-state index contributed by atoms with van der Waals surface area (Å²) in [6.45, 7) is 0. The number of benzene rings is 3. The Morgan fingerprint density at radius 1 is 0.871 bits per heavy atom. The largest absolute Gasteiger partial charge is 0.451 e. The molecule has 0 spiro atoms. The maximum atomic E-state index is 12.8. The highest BCUT2D eigenvalue weighted by Crippen LogP contribution is 2.32. The number of halogens is 3. The minimum Gasteiger partial charge on any atom is -0.451 e. The Bertz CT molecular complexity index is 1240. The summed E-state index contributed by atoms with van der Waals surface area (Å²) in [6.07, 6.45) is -0.960. The predicted octanol–water partition coefficient (Wildman–Crippen LogP) is 7.24. The highest BCUT2D eigenvalue weighted by Gasteiger charge is 2.19. The lowest BCUT2D eigenvalue weighted by Crippen LogP contribution is -2.14. The molecule has 0 saturated heterocycles. The van der Waals surface area contributed by atoms with E-state index in [1.807, 2.05) is 18.2 Å². The van der Waals surface area contributed by atoms with Gasteiger partial charge in [-0.25, -0.2) is 0 Å². The molecule has 1 heterocycles. The molecule has 7 heteroatoms. The van der Waals surface area contributed by atoms with E-state index in [1.165, 1.54) is 0 Å². The first-order chi connectivity index (χ1) is 14.9. The maximum absolute atomic E-state index is 12.8. The third-order valence-electron chi connectivity index (χ3n) is 4.71. The molecule has 31 heavy (non-hydrogen) atoms. The van der Waals surface area contributed by atoms with Crippen molar-refractivity contribution >= 4 is 46.4 Å². The number of amides is 1. The zero-order chi connectivity index (χ0) is 22.0. The van der Waals surface area contributed by atoms with Gasteiger partial charge in [-0.1, -0.05) is 65.1 Å². The van der Waals surface area contributed by atoms with E-state index >= 15 is 0 Å². The molecule has 4 aromatic rings. The van der Waals surface area contributed by atoms with Crippen LogP contribution in [0.5, 0.6) is 0 Å². The second-order valence-electron chi connectivity index (χ2n) is 6.79. The van der Waals surface area contributed by atoms with Crippen LogP contribution in [0.4, 0.5) is 5.69 Å². The molecule has 0 aliphatic rings. The first kappa shape index (κ1) is 21.5. The molecule has 0 fully saturated rings. The monoisotopic (exact) mass is 471 g/mol. The summed E-state index contributed by atoms with van der Waals surface area (Å²) in [4.78, 5) is 12.8. The summed E-state index contributed by atoms with van der Waals surface area (Å²) in [5, 5.41) is 14.9. The normalized spacial score (nSPS) is 11.9. The van der Waals surface area contributed by atoms with Gasteiger partial charge in [-0.3, -0.25) is 4.79 Å². The molecule has 1 aromatic heterocycles. The average Bonchev–Trinajstić information content (AvgIpc) is 3.27. The minimum atomic E-state index is -0.960. The molecule has 0 saturated carbocycles. The Hall–Kier alpha value is -2.76. The lowest BCUT2D eigenvalue weighted by atomic mass is 10.00. The van der Waals surface area contributed by atoms with Crippen LogP contribution in [0.1, 0.15) is 27.8 Å². The van der Waals surface area contributed by atoms with Crippen LogP contribution in [-0.2, 0) is 0 Å². The van der Waals surface area contributed by atoms with E-state index in [1.54, 1.807) is 60.7 Å². The van der Waals surface area contributed by atoms with E-state index in [-0.39, 0.29) is 5.76 Å². The Labute approximate surface area is 194 Å². The molecular weight excluding hydrogens is 457 g/mol. The van der Waals surface area contributed by atoms with E-state index < -0.39 is 12.0 Å². The van der Waals surface area contributed by atoms with E-state index in [4.69, 9.17) is 39.2 Å². The van der Waals surface area contributed by atoms with Crippen molar-refractivity contribution in [3.63, 3.8) is 0 Å². The Morgan fingerprint density at radius 3 is 2.39 bits per heavy atom. The predicted molar refractivity (Wildman–Crippen MR) is 124 cm³/mol. The molecule has 0 aliphatic heterocycles. The van der Waals surface area contributed by atoms with Gasteiger partial charge < -0.3 is 14.8 Å². The van der Waals surface area contributed by atoms with Gasteiger partial charge in [0.15, 0.2) is 5.76 Å². The van der Waals surface area contributed by atoms with Gasteiger partial charge in [0.05, 0.1) is 10.0 Å². The van der Waals surface area contributed by atoms with Crippen LogP contribution < -0.4 is 5.32 Å². The van der Waals surface area contributed by atoms with Crippen molar-refractivity contribution in [3.05, 3.63) is 111 Å². The Balaban J connectivity index is 1.59. The second-order valence-corrected chi connectivity index (χ2v) is 8.04. The number of carbonyl (C=O) groups is 1. The van der Waals surface area contributed by atoms with Crippen molar-refractivity contribution in [2.24, 2.45) is 0 Å². The zero-order valence-electron chi connectivity index (χ0n) is 16.0. The van der Waals surface area contributed by atoms with Crippen molar-refractivity contribution in [1.82, 2.24) is 0 Å². The van der Waals surface area contributed by atoms with Gasteiger partial charge in [-0.15, -0.1) is 0 Å². The van der Waals surface area contributed by atoms with E-state index in [0.29, 0.717) is 43.2 Å². The summed E-state index contributed by atoms with van der Waals surface area (Å²) < 4.78 is 5.70. The van der Waals surface area contributed by atoms with Gasteiger partial charge in [-0.05, 0) is 54.1 Å². The quantitative estimate of drug-likeness (QED) is 0.322. The van der Waals surface area contributed by atoms with Crippen LogP contribution in [0.25, 0.3) is 11.3 Å². The van der Waals surface area contributed by atoms with Crippen LogP contribution in [0, 0.1) is 0 Å². The SMILES string of the molecule is O=C(Nc1ccc(Cl)cc1[C@H](O)c1ccccc1)c1ccc(-c2ccc(Cl)c(Cl)c2)o1. The minimum absolute atomic E-state index is 0.108. The van der Waals surface area contributed by atoms with Crippen LogP contribution in [0.3, 0.4) is 0 Å². The van der Waals surface area contributed by atoms with Gasteiger partial charge in [0.2, 0.25) is 0 Å². The molecule has 4 nitrogen and oxygen atoms in total. The number of carbonyl (C=O) groups excluding carboxylic acids is 1. The zero-order valence-corrected chi connectivity index (χ0v) is 18.2. The summed E-state index contributed by atoms with van der Waals surface area (Å²) in [7, 11) is 0. The molecule has 4 rings (SSSR count). The molecule has 0 radical (unpaired) electrons. The Morgan fingerprint density at radius 2 is 1.65 bits per heavy atom. The van der Waals surface area contributed by atoms with E-state index in [2.05, 4.69) is 5.32 Å². The van der Waals surface area contributed by atoms with Crippen molar-refractivity contribution in [2.45, 2.75) is 6.10 Å². The number of aliphatic hydroxyl groups is 1. The number of aliphatic hydroxyl groups excluding tert-OH is 1. The molecule has 1 atom stereocenters. The molecule has 3 aromatic carbocycles. The average molecular weight is 473 g/mol. The molecule has 0 aliphatic carbocycles. The third-order valence-corrected chi connectivity index (χ3v) is 5.68. The fraction of sp³-hybridized carbons (Fsp3) is 0.0417. The highest BCUT2D eigenvalue weighted by atomic mass is 35.5. The summed E-state index contributed by atoms with van der Waals surface area (Å²) in [5.74, 6) is 0.121. The molecule has 0 unspecified atom stereocenters. The van der Waals surface area contributed by atoms with Crippen LogP contribution in [-0.4, -0.2) is 11.0 Å².